The van der Waals surface area contributed by atoms with Crippen LogP contribution in [0.15, 0.2) is 46.9 Å². The number of fused-ring (bicyclic) bond motifs is 1. The molecule has 2 aromatic carbocycles. The Hall–Kier alpha value is -2.66. The fraction of sp³-hybridized carbons (Fsp3) is 0.0625. The first-order valence-corrected chi connectivity index (χ1v) is 6.86. The van der Waals surface area contributed by atoms with Crippen LogP contribution in [-0.4, -0.2) is 18.2 Å². The number of furan rings is 1. The fourth-order valence-electron chi connectivity index (χ4n) is 2.10. The SMILES string of the molecule is CNC(=O)Oc1cc2cc(-c3ccc(O)cc3)cc(Cl)c2o1. The standard InChI is InChI=1S/C16H12ClNO4/c1-18-16(20)22-14-8-11-6-10(7-13(17)15(11)21-14)9-2-4-12(19)5-3-9/h2-8,19H,1H3,(H,18,20). The Morgan fingerprint density at radius 3 is 2.59 bits per heavy atom. The Kier molecular flexibility index (Phi) is 3.65. The number of carbonyl (C=O) groups excluding carboxylic acids is 1. The minimum atomic E-state index is -0.617. The smallest absolute Gasteiger partial charge is 0.414 e. The van der Waals surface area contributed by atoms with E-state index in [-0.39, 0.29) is 11.7 Å². The van der Waals surface area contributed by atoms with Crippen molar-refractivity contribution in [2.24, 2.45) is 0 Å². The molecular formula is C16H12ClNO4. The number of rotatable bonds is 2. The van der Waals surface area contributed by atoms with Crippen molar-refractivity contribution in [2.75, 3.05) is 7.05 Å². The van der Waals surface area contributed by atoms with E-state index in [0.717, 1.165) is 16.5 Å². The minimum Gasteiger partial charge on any atom is -0.508 e. The number of ether oxygens (including phenoxy) is 1. The van der Waals surface area contributed by atoms with E-state index in [1.165, 1.54) is 7.05 Å². The topological polar surface area (TPSA) is 71.7 Å². The average Bonchev–Trinajstić information content (AvgIpc) is 2.90. The lowest BCUT2D eigenvalue weighted by atomic mass is 10.0. The largest absolute Gasteiger partial charge is 0.508 e. The predicted octanol–water partition coefficient (Wildman–Crippen LogP) is 4.18. The first-order chi connectivity index (χ1) is 10.6. The van der Waals surface area contributed by atoms with Gasteiger partial charge in [0.2, 0.25) is 0 Å². The molecule has 112 valence electrons. The number of nitrogens with one attached hydrogen (secondary N) is 1. The van der Waals surface area contributed by atoms with E-state index in [4.69, 9.17) is 20.8 Å². The van der Waals surface area contributed by atoms with Crippen LogP contribution in [0.2, 0.25) is 5.02 Å². The van der Waals surface area contributed by atoms with Gasteiger partial charge in [-0.2, -0.15) is 0 Å². The van der Waals surface area contributed by atoms with E-state index in [9.17, 15) is 9.90 Å². The van der Waals surface area contributed by atoms with Crippen molar-refractivity contribution in [2.45, 2.75) is 0 Å². The highest BCUT2D eigenvalue weighted by Crippen LogP contribution is 2.35. The van der Waals surface area contributed by atoms with Gasteiger partial charge in [-0.15, -0.1) is 0 Å². The summed E-state index contributed by atoms with van der Waals surface area (Å²) in [5, 5.41) is 12.8. The molecule has 22 heavy (non-hydrogen) atoms. The maximum Gasteiger partial charge on any atom is 0.414 e. The summed E-state index contributed by atoms with van der Waals surface area (Å²) in [6.07, 6.45) is -0.617. The zero-order valence-corrected chi connectivity index (χ0v) is 12.3. The lowest BCUT2D eigenvalue weighted by Crippen LogP contribution is -2.21. The molecule has 0 fully saturated rings. The molecule has 2 N–H and O–H groups in total. The fourth-order valence-corrected chi connectivity index (χ4v) is 2.37. The Bertz CT molecular complexity index is 839. The number of aromatic hydroxyl groups is 1. The van der Waals surface area contributed by atoms with Crippen LogP contribution in [0.1, 0.15) is 0 Å². The van der Waals surface area contributed by atoms with Crippen LogP contribution < -0.4 is 10.1 Å². The van der Waals surface area contributed by atoms with Gasteiger partial charge >= 0.3 is 6.09 Å². The van der Waals surface area contributed by atoms with Crippen LogP contribution in [-0.2, 0) is 0 Å². The van der Waals surface area contributed by atoms with Gasteiger partial charge in [0.25, 0.3) is 5.95 Å². The van der Waals surface area contributed by atoms with E-state index in [0.29, 0.717) is 10.6 Å². The quantitative estimate of drug-likeness (QED) is 0.744. The van der Waals surface area contributed by atoms with E-state index in [1.54, 1.807) is 36.4 Å². The number of phenolic OH excluding ortho intramolecular Hbond substituents is 1. The van der Waals surface area contributed by atoms with E-state index < -0.39 is 6.09 Å². The molecule has 1 aromatic heterocycles. The molecular weight excluding hydrogens is 306 g/mol. The van der Waals surface area contributed by atoms with Crippen LogP contribution >= 0.6 is 11.6 Å². The summed E-state index contributed by atoms with van der Waals surface area (Å²) in [5.41, 5.74) is 2.21. The van der Waals surface area contributed by atoms with Crippen LogP contribution in [0.4, 0.5) is 4.79 Å². The van der Waals surface area contributed by atoms with Gasteiger partial charge < -0.3 is 19.6 Å². The molecule has 0 aliphatic rings. The van der Waals surface area contributed by atoms with E-state index in [1.807, 2.05) is 6.07 Å². The van der Waals surface area contributed by atoms with Gasteiger partial charge in [0.15, 0.2) is 5.58 Å². The minimum absolute atomic E-state index is 0.0686. The van der Waals surface area contributed by atoms with E-state index >= 15 is 0 Å². The van der Waals surface area contributed by atoms with Gasteiger partial charge in [-0.05, 0) is 35.4 Å². The van der Waals surface area contributed by atoms with Crippen LogP contribution in [0, 0.1) is 0 Å². The summed E-state index contributed by atoms with van der Waals surface area (Å²) in [6.45, 7) is 0. The Morgan fingerprint density at radius 1 is 1.18 bits per heavy atom. The molecule has 0 unspecified atom stereocenters. The summed E-state index contributed by atoms with van der Waals surface area (Å²) in [5.74, 6) is 0.264. The molecule has 0 spiro atoms. The average molecular weight is 318 g/mol. The monoisotopic (exact) mass is 317 g/mol. The van der Waals surface area contributed by atoms with Crippen LogP contribution in [0.25, 0.3) is 22.1 Å². The van der Waals surface area contributed by atoms with E-state index in [2.05, 4.69) is 5.32 Å². The van der Waals surface area contributed by atoms with Gasteiger partial charge in [0.05, 0.1) is 5.02 Å². The third-order valence-electron chi connectivity index (χ3n) is 3.15. The zero-order chi connectivity index (χ0) is 15.7. The van der Waals surface area contributed by atoms with Crippen LogP contribution in [0.5, 0.6) is 11.7 Å². The second-order valence-electron chi connectivity index (χ2n) is 4.63. The van der Waals surface area contributed by atoms with Gasteiger partial charge in [-0.3, -0.25) is 0 Å². The molecule has 0 saturated carbocycles. The van der Waals surface area contributed by atoms with Crippen molar-refractivity contribution in [3.8, 4) is 22.8 Å². The van der Waals surface area contributed by atoms with Crippen molar-refractivity contribution in [1.29, 1.82) is 0 Å². The second kappa shape index (κ2) is 5.61. The summed E-state index contributed by atoms with van der Waals surface area (Å²) in [4.78, 5) is 11.2. The highest BCUT2D eigenvalue weighted by atomic mass is 35.5. The van der Waals surface area contributed by atoms with Crippen molar-refractivity contribution in [3.63, 3.8) is 0 Å². The highest BCUT2D eigenvalue weighted by Gasteiger charge is 2.13. The molecule has 0 aliphatic heterocycles. The van der Waals surface area contributed by atoms with Gasteiger partial charge in [0, 0.05) is 18.5 Å². The molecule has 6 heteroatoms. The number of carbonyl (C=O) groups is 1. The lowest BCUT2D eigenvalue weighted by molar-refractivity contribution is 0.191. The molecule has 0 radical (unpaired) electrons. The molecule has 0 aliphatic carbocycles. The lowest BCUT2D eigenvalue weighted by Gasteiger charge is -2.03. The maximum absolute atomic E-state index is 11.2. The molecule has 3 aromatic rings. The summed E-state index contributed by atoms with van der Waals surface area (Å²) >= 11 is 6.23. The van der Waals surface area contributed by atoms with Gasteiger partial charge in [-0.1, -0.05) is 23.7 Å². The third-order valence-corrected chi connectivity index (χ3v) is 3.43. The summed E-state index contributed by atoms with van der Waals surface area (Å²) in [6, 6.07) is 12.0. The highest BCUT2D eigenvalue weighted by molar-refractivity contribution is 6.35. The molecule has 0 atom stereocenters. The molecule has 1 heterocycles. The number of benzene rings is 2. The van der Waals surface area contributed by atoms with Crippen molar-refractivity contribution in [1.82, 2.24) is 5.32 Å². The van der Waals surface area contributed by atoms with Crippen molar-refractivity contribution in [3.05, 3.63) is 47.5 Å². The first-order valence-electron chi connectivity index (χ1n) is 6.49. The molecule has 5 nitrogen and oxygen atoms in total. The number of amides is 1. The third kappa shape index (κ3) is 2.71. The van der Waals surface area contributed by atoms with Crippen LogP contribution in [0.3, 0.4) is 0 Å². The Balaban J connectivity index is 2.04. The number of hydrogen-bond donors (Lipinski definition) is 2. The number of hydrogen-bond acceptors (Lipinski definition) is 4. The molecule has 1 amide bonds. The first kappa shape index (κ1) is 14.3. The van der Waals surface area contributed by atoms with Crippen molar-refractivity contribution < 1.29 is 19.1 Å². The predicted molar refractivity (Wildman–Crippen MR) is 83.4 cm³/mol. The summed E-state index contributed by atoms with van der Waals surface area (Å²) in [7, 11) is 1.46. The Labute approximate surface area is 131 Å². The Morgan fingerprint density at radius 2 is 1.91 bits per heavy atom. The van der Waals surface area contributed by atoms with Gasteiger partial charge in [0.1, 0.15) is 5.75 Å². The normalized spacial score (nSPS) is 10.6. The maximum atomic E-state index is 11.2. The second-order valence-corrected chi connectivity index (χ2v) is 5.04. The molecule has 0 saturated heterocycles. The molecule has 0 bridgehead atoms. The number of halogens is 1. The van der Waals surface area contributed by atoms with Gasteiger partial charge in [-0.25, -0.2) is 4.79 Å². The molecule has 3 rings (SSSR count). The number of phenols is 1. The summed E-state index contributed by atoms with van der Waals surface area (Å²) < 4.78 is 10.4. The zero-order valence-electron chi connectivity index (χ0n) is 11.6. The van der Waals surface area contributed by atoms with Crippen molar-refractivity contribution >= 4 is 28.7 Å².